The molecular formula is C25H25N3O4S. The third-order valence-corrected chi connectivity index (χ3v) is 8.34. The number of nitrogens with zero attached hydrogens (tertiary/aromatic N) is 1. The zero-order chi connectivity index (χ0) is 23.2. The molecule has 3 aromatic carbocycles. The van der Waals surface area contributed by atoms with Crippen LogP contribution < -0.4 is 10.6 Å². The summed E-state index contributed by atoms with van der Waals surface area (Å²) in [5.74, 6) is -0.547. The number of benzene rings is 3. The molecule has 3 aromatic rings. The van der Waals surface area contributed by atoms with Crippen LogP contribution in [0.5, 0.6) is 0 Å². The number of hydrogen-bond donors (Lipinski definition) is 2. The van der Waals surface area contributed by atoms with Crippen LogP contribution in [-0.2, 0) is 32.5 Å². The molecule has 1 saturated heterocycles. The largest absolute Gasteiger partial charge is 0.326 e. The highest BCUT2D eigenvalue weighted by atomic mass is 32.2. The lowest BCUT2D eigenvalue weighted by atomic mass is 10.0. The van der Waals surface area contributed by atoms with E-state index in [0.29, 0.717) is 24.2 Å². The molecule has 170 valence electrons. The van der Waals surface area contributed by atoms with E-state index in [4.69, 9.17) is 0 Å². The molecule has 0 aromatic heterocycles. The Morgan fingerprint density at radius 1 is 0.939 bits per heavy atom. The molecule has 0 radical (unpaired) electrons. The number of carbonyl (C=O) groups excluding carboxylic acids is 2. The molecule has 0 bridgehead atoms. The van der Waals surface area contributed by atoms with Gasteiger partial charge in [-0.2, -0.15) is 4.31 Å². The van der Waals surface area contributed by atoms with Gasteiger partial charge in [0, 0.05) is 30.2 Å². The topological polar surface area (TPSA) is 95.6 Å². The predicted molar refractivity (Wildman–Crippen MR) is 128 cm³/mol. The Hall–Kier alpha value is -3.23. The van der Waals surface area contributed by atoms with Crippen LogP contribution in [0.15, 0.2) is 59.5 Å². The number of rotatable bonds is 5. The maximum absolute atomic E-state index is 13.3. The molecule has 2 aliphatic rings. The summed E-state index contributed by atoms with van der Waals surface area (Å²) >= 11 is 0. The second-order valence-corrected chi connectivity index (χ2v) is 10.5. The summed E-state index contributed by atoms with van der Waals surface area (Å²) in [4.78, 5) is 24.6. The lowest BCUT2D eigenvalue weighted by molar-refractivity contribution is -0.119. The lowest BCUT2D eigenvalue weighted by Crippen LogP contribution is -2.43. The van der Waals surface area contributed by atoms with E-state index in [9.17, 15) is 18.0 Å². The summed E-state index contributed by atoms with van der Waals surface area (Å²) in [7, 11) is -3.86. The first-order chi connectivity index (χ1) is 15.8. The van der Waals surface area contributed by atoms with Crippen LogP contribution in [0.25, 0.3) is 10.8 Å². The summed E-state index contributed by atoms with van der Waals surface area (Å²) < 4.78 is 27.9. The zero-order valence-corrected chi connectivity index (χ0v) is 19.1. The van der Waals surface area contributed by atoms with Gasteiger partial charge < -0.3 is 10.6 Å². The SMILES string of the molecule is CC(=O)Nc1ccc(S(=O)(=O)N2CCC[C@@H]2C(=O)Nc2ccc3c4c(cccc24)CC3)cc1. The van der Waals surface area contributed by atoms with Crippen molar-refractivity contribution < 1.29 is 18.0 Å². The Kier molecular flexibility index (Phi) is 5.42. The molecule has 0 unspecified atom stereocenters. The molecule has 0 spiro atoms. The Morgan fingerprint density at radius 2 is 1.67 bits per heavy atom. The normalized spacial score (nSPS) is 17.9. The fraction of sp³-hybridized carbons (Fsp3) is 0.280. The van der Waals surface area contributed by atoms with E-state index in [2.05, 4.69) is 16.7 Å². The van der Waals surface area contributed by atoms with Gasteiger partial charge in [0.1, 0.15) is 6.04 Å². The number of amides is 2. The molecular weight excluding hydrogens is 438 g/mol. The number of hydrogen-bond acceptors (Lipinski definition) is 4. The van der Waals surface area contributed by atoms with Gasteiger partial charge in [0.25, 0.3) is 0 Å². The van der Waals surface area contributed by atoms with Gasteiger partial charge in [-0.05, 0) is 72.5 Å². The molecule has 1 aliphatic heterocycles. The summed E-state index contributed by atoms with van der Waals surface area (Å²) in [6.07, 6.45) is 3.08. The van der Waals surface area contributed by atoms with Crippen molar-refractivity contribution in [3.63, 3.8) is 0 Å². The molecule has 2 amide bonds. The van der Waals surface area contributed by atoms with Gasteiger partial charge >= 0.3 is 0 Å². The van der Waals surface area contributed by atoms with Crippen LogP contribution in [-0.4, -0.2) is 37.1 Å². The van der Waals surface area contributed by atoms with Crippen molar-refractivity contribution in [1.29, 1.82) is 0 Å². The maximum atomic E-state index is 13.3. The number of aryl methyl sites for hydroxylation is 2. The van der Waals surface area contributed by atoms with Crippen molar-refractivity contribution in [2.75, 3.05) is 17.2 Å². The highest BCUT2D eigenvalue weighted by Gasteiger charge is 2.39. The van der Waals surface area contributed by atoms with Gasteiger partial charge in [0.05, 0.1) is 4.90 Å². The minimum atomic E-state index is -3.86. The minimum absolute atomic E-state index is 0.0987. The summed E-state index contributed by atoms with van der Waals surface area (Å²) in [5.41, 5.74) is 3.80. The predicted octanol–water partition coefficient (Wildman–Crippen LogP) is 3.69. The van der Waals surface area contributed by atoms with Gasteiger partial charge in [0.2, 0.25) is 21.8 Å². The van der Waals surface area contributed by atoms with Crippen molar-refractivity contribution in [3.05, 3.63) is 65.7 Å². The summed E-state index contributed by atoms with van der Waals surface area (Å²) in [6, 6.07) is 15.3. The average molecular weight is 464 g/mol. The maximum Gasteiger partial charge on any atom is 0.243 e. The van der Waals surface area contributed by atoms with Crippen molar-refractivity contribution in [1.82, 2.24) is 4.31 Å². The molecule has 1 fully saturated rings. The van der Waals surface area contributed by atoms with Gasteiger partial charge in [-0.3, -0.25) is 9.59 Å². The van der Waals surface area contributed by atoms with Crippen LogP contribution in [0.2, 0.25) is 0 Å². The van der Waals surface area contributed by atoms with E-state index in [1.807, 2.05) is 24.3 Å². The van der Waals surface area contributed by atoms with Crippen molar-refractivity contribution >= 4 is 44.0 Å². The second-order valence-electron chi connectivity index (χ2n) is 8.58. The van der Waals surface area contributed by atoms with Gasteiger partial charge in [0.15, 0.2) is 0 Å². The molecule has 0 saturated carbocycles. The smallest absolute Gasteiger partial charge is 0.243 e. The van der Waals surface area contributed by atoms with Gasteiger partial charge in [-0.1, -0.05) is 24.3 Å². The van der Waals surface area contributed by atoms with E-state index < -0.39 is 16.1 Å². The number of nitrogens with one attached hydrogen (secondary N) is 2. The molecule has 1 atom stereocenters. The van der Waals surface area contributed by atoms with Crippen LogP contribution in [0.1, 0.15) is 30.9 Å². The van der Waals surface area contributed by atoms with E-state index >= 15 is 0 Å². The first-order valence-electron chi connectivity index (χ1n) is 11.1. The Bertz CT molecular complexity index is 1360. The molecule has 8 heteroatoms. The van der Waals surface area contributed by atoms with Crippen LogP contribution in [0, 0.1) is 0 Å². The first kappa shape index (κ1) is 21.6. The third kappa shape index (κ3) is 3.89. The number of sulfonamides is 1. The molecule has 2 N–H and O–H groups in total. The quantitative estimate of drug-likeness (QED) is 0.603. The van der Waals surface area contributed by atoms with Crippen molar-refractivity contribution in [2.24, 2.45) is 0 Å². The summed E-state index contributed by atoms with van der Waals surface area (Å²) in [6.45, 7) is 1.68. The molecule has 1 heterocycles. The van der Waals surface area contributed by atoms with Crippen molar-refractivity contribution in [2.45, 2.75) is 43.5 Å². The molecule has 7 nitrogen and oxygen atoms in total. The molecule has 33 heavy (non-hydrogen) atoms. The molecule has 1 aliphatic carbocycles. The fourth-order valence-electron chi connectivity index (χ4n) is 4.91. The molecule has 5 rings (SSSR count). The lowest BCUT2D eigenvalue weighted by Gasteiger charge is -2.24. The van der Waals surface area contributed by atoms with Crippen LogP contribution >= 0.6 is 0 Å². The van der Waals surface area contributed by atoms with Gasteiger partial charge in [-0.15, -0.1) is 0 Å². The van der Waals surface area contributed by atoms with E-state index in [1.54, 1.807) is 12.1 Å². The van der Waals surface area contributed by atoms with Crippen molar-refractivity contribution in [3.8, 4) is 0 Å². The Balaban J connectivity index is 1.39. The fourth-order valence-corrected chi connectivity index (χ4v) is 6.57. The van der Waals surface area contributed by atoms with Gasteiger partial charge in [-0.25, -0.2) is 8.42 Å². The second kappa shape index (κ2) is 8.28. The monoisotopic (exact) mass is 463 g/mol. The van der Waals surface area contributed by atoms with E-state index in [1.165, 1.54) is 39.9 Å². The number of carbonyl (C=O) groups is 2. The third-order valence-electron chi connectivity index (χ3n) is 6.42. The minimum Gasteiger partial charge on any atom is -0.326 e. The Labute approximate surface area is 192 Å². The first-order valence-corrected chi connectivity index (χ1v) is 12.5. The Morgan fingerprint density at radius 3 is 2.39 bits per heavy atom. The highest BCUT2D eigenvalue weighted by molar-refractivity contribution is 7.89. The van der Waals surface area contributed by atoms with Crippen LogP contribution in [0.3, 0.4) is 0 Å². The van der Waals surface area contributed by atoms with E-state index in [0.717, 1.165) is 18.2 Å². The standard InChI is InChI=1S/C25H25N3O4S/c1-16(29)26-19-10-12-20(13-11-19)33(31,32)28-15-3-6-23(28)25(30)27-22-14-9-18-8-7-17-4-2-5-21(22)24(17)18/h2,4-5,9-14,23H,3,6-8,15H2,1H3,(H,26,29)(H,27,30)/t23-/m1/s1. The highest BCUT2D eigenvalue weighted by Crippen LogP contribution is 2.35. The summed E-state index contributed by atoms with van der Waals surface area (Å²) in [5, 5.41) is 7.82. The van der Waals surface area contributed by atoms with Crippen LogP contribution in [0.4, 0.5) is 11.4 Å². The average Bonchev–Trinajstić information content (AvgIpc) is 3.45. The number of anilines is 2. The zero-order valence-electron chi connectivity index (χ0n) is 18.3. The van der Waals surface area contributed by atoms with E-state index in [-0.39, 0.29) is 23.3 Å².